The Morgan fingerprint density at radius 2 is 1.86 bits per heavy atom. The maximum Gasteiger partial charge on any atom is 0.198 e. The summed E-state index contributed by atoms with van der Waals surface area (Å²) in [6.45, 7) is 3.64. The van der Waals surface area contributed by atoms with Gasteiger partial charge in [-0.2, -0.15) is 0 Å². The van der Waals surface area contributed by atoms with Crippen molar-refractivity contribution in [1.29, 1.82) is 0 Å². The lowest BCUT2D eigenvalue weighted by Gasteiger charge is -2.15. The quantitative estimate of drug-likeness (QED) is 0.569. The molecule has 1 atom stereocenters. The highest BCUT2D eigenvalue weighted by Crippen LogP contribution is 2.32. The second kappa shape index (κ2) is 7.71. The molecule has 0 saturated heterocycles. The number of benzene rings is 2. The zero-order valence-electron chi connectivity index (χ0n) is 12.3. The number of rotatable bonds is 7. The van der Waals surface area contributed by atoms with Gasteiger partial charge >= 0.3 is 0 Å². The van der Waals surface area contributed by atoms with Gasteiger partial charge in [-0.3, -0.25) is 0 Å². The molecule has 0 heterocycles. The van der Waals surface area contributed by atoms with Gasteiger partial charge in [-0.25, -0.2) is 8.78 Å². The van der Waals surface area contributed by atoms with Crippen molar-refractivity contribution in [2.24, 2.45) is 5.73 Å². The third kappa shape index (κ3) is 3.92. The van der Waals surface area contributed by atoms with Gasteiger partial charge in [0.1, 0.15) is 5.75 Å². The minimum Gasteiger partial charge on any atom is -0.451 e. The molecule has 0 amide bonds. The molecule has 2 N–H and O–H groups in total. The smallest absolute Gasteiger partial charge is 0.198 e. The molecule has 22 heavy (non-hydrogen) atoms. The third-order valence-electron chi connectivity index (χ3n) is 3.36. The first-order valence-corrected chi connectivity index (χ1v) is 7.20. The lowest BCUT2D eigenvalue weighted by Crippen LogP contribution is -2.13. The molecule has 116 valence electrons. The molecule has 2 aromatic rings. The number of hydrogen-bond acceptors (Lipinski definition) is 2. The van der Waals surface area contributed by atoms with E-state index in [9.17, 15) is 8.78 Å². The van der Waals surface area contributed by atoms with Gasteiger partial charge in [0, 0.05) is 11.6 Å². The summed E-state index contributed by atoms with van der Waals surface area (Å²) in [6.07, 6.45) is 4.00. The monoisotopic (exact) mass is 303 g/mol. The fourth-order valence-corrected chi connectivity index (χ4v) is 2.17. The van der Waals surface area contributed by atoms with E-state index in [0.717, 1.165) is 12.8 Å². The predicted molar refractivity (Wildman–Crippen MR) is 83.9 cm³/mol. The number of ether oxygens (including phenoxy) is 1. The Kier molecular flexibility index (Phi) is 5.67. The van der Waals surface area contributed by atoms with Crippen molar-refractivity contribution in [3.8, 4) is 11.5 Å². The van der Waals surface area contributed by atoms with Crippen LogP contribution in [0.25, 0.3) is 0 Å². The molecule has 0 fully saturated rings. The van der Waals surface area contributed by atoms with Crippen LogP contribution in [0, 0.1) is 11.6 Å². The fraction of sp³-hybridized carbons (Fsp3) is 0.222. The second-order valence-electron chi connectivity index (χ2n) is 5.02. The third-order valence-corrected chi connectivity index (χ3v) is 3.36. The van der Waals surface area contributed by atoms with E-state index in [4.69, 9.17) is 10.5 Å². The van der Waals surface area contributed by atoms with Gasteiger partial charge in [-0.1, -0.05) is 30.3 Å². The van der Waals surface area contributed by atoms with E-state index < -0.39 is 23.4 Å². The molecule has 0 aliphatic heterocycles. The normalized spacial score (nSPS) is 12.0. The van der Waals surface area contributed by atoms with Crippen LogP contribution in [-0.4, -0.2) is 0 Å². The van der Waals surface area contributed by atoms with E-state index in [-0.39, 0.29) is 5.56 Å². The fourth-order valence-electron chi connectivity index (χ4n) is 2.17. The molecule has 0 aliphatic carbocycles. The Balaban J connectivity index is 2.23. The molecule has 0 saturated carbocycles. The number of hydrogen-bond donors (Lipinski definition) is 1. The van der Waals surface area contributed by atoms with Gasteiger partial charge in [-0.15, -0.1) is 6.58 Å². The summed E-state index contributed by atoms with van der Waals surface area (Å²) in [6, 6.07) is 10.6. The Morgan fingerprint density at radius 3 is 2.55 bits per heavy atom. The number of unbranched alkanes of at least 4 members (excludes halogenated alkanes) is 1. The molecule has 0 unspecified atom stereocenters. The van der Waals surface area contributed by atoms with Crippen molar-refractivity contribution in [3.05, 3.63) is 72.3 Å². The summed E-state index contributed by atoms with van der Waals surface area (Å²) < 4.78 is 33.7. The Bertz CT molecular complexity index is 628. The summed E-state index contributed by atoms with van der Waals surface area (Å²) in [5.41, 5.74) is 6.26. The Hall–Kier alpha value is -2.20. The first-order chi connectivity index (χ1) is 10.6. The van der Waals surface area contributed by atoms with E-state index in [1.807, 2.05) is 0 Å². The van der Waals surface area contributed by atoms with Crippen molar-refractivity contribution in [1.82, 2.24) is 0 Å². The summed E-state index contributed by atoms with van der Waals surface area (Å²) in [5, 5.41) is 0. The van der Waals surface area contributed by atoms with Crippen LogP contribution >= 0.6 is 0 Å². The van der Waals surface area contributed by atoms with E-state index in [2.05, 4.69) is 6.58 Å². The van der Waals surface area contributed by atoms with E-state index >= 15 is 0 Å². The van der Waals surface area contributed by atoms with Crippen LogP contribution < -0.4 is 10.5 Å². The summed E-state index contributed by atoms with van der Waals surface area (Å²) >= 11 is 0. The van der Waals surface area contributed by atoms with Crippen LogP contribution in [-0.2, 0) is 0 Å². The van der Waals surface area contributed by atoms with Gasteiger partial charge in [0.25, 0.3) is 0 Å². The minimum atomic E-state index is -0.747. The van der Waals surface area contributed by atoms with Crippen LogP contribution in [0.3, 0.4) is 0 Å². The average Bonchev–Trinajstić information content (AvgIpc) is 2.52. The largest absolute Gasteiger partial charge is 0.451 e. The lowest BCUT2D eigenvalue weighted by atomic mass is 10.0. The van der Waals surface area contributed by atoms with E-state index in [1.54, 1.807) is 36.4 Å². The van der Waals surface area contributed by atoms with E-state index in [1.165, 1.54) is 12.1 Å². The van der Waals surface area contributed by atoms with Crippen LogP contribution in [0.15, 0.2) is 55.1 Å². The number of para-hydroxylation sites is 1. The van der Waals surface area contributed by atoms with Crippen molar-refractivity contribution in [2.75, 3.05) is 0 Å². The number of nitrogens with two attached hydrogens (primary N) is 1. The highest BCUT2D eigenvalue weighted by atomic mass is 19.1. The molecule has 0 spiro atoms. The van der Waals surface area contributed by atoms with Crippen molar-refractivity contribution in [3.63, 3.8) is 0 Å². The highest BCUT2D eigenvalue weighted by molar-refractivity contribution is 5.38. The van der Waals surface area contributed by atoms with Gasteiger partial charge in [-0.05, 0) is 37.5 Å². The topological polar surface area (TPSA) is 35.2 Å². The van der Waals surface area contributed by atoms with Crippen LogP contribution in [0.2, 0.25) is 0 Å². The van der Waals surface area contributed by atoms with Crippen molar-refractivity contribution in [2.45, 2.75) is 25.3 Å². The summed E-state index contributed by atoms with van der Waals surface area (Å²) in [4.78, 5) is 0. The van der Waals surface area contributed by atoms with Gasteiger partial charge in [0.2, 0.25) is 0 Å². The molecule has 2 nitrogen and oxygen atoms in total. The molecule has 0 bridgehead atoms. The zero-order chi connectivity index (χ0) is 15.9. The maximum atomic E-state index is 14.5. The first-order valence-electron chi connectivity index (χ1n) is 7.20. The second-order valence-corrected chi connectivity index (χ2v) is 5.02. The molecular weight excluding hydrogens is 284 g/mol. The minimum absolute atomic E-state index is 0.261. The highest BCUT2D eigenvalue weighted by Gasteiger charge is 2.19. The van der Waals surface area contributed by atoms with Crippen molar-refractivity contribution < 1.29 is 13.5 Å². The standard InChI is InChI=1S/C18H19F2NO/c1-2-3-5-10-16(21)14-11-12-15(19)18(17(14)20)22-13-8-6-4-7-9-13/h2,4,6-9,11-12,16H,1,3,5,10,21H2/t16-/m0/s1. The Labute approximate surface area is 129 Å². The van der Waals surface area contributed by atoms with Crippen LogP contribution in [0.4, 0.5) is 8.78 Å². The zero-order valence-corrected chi connectivity index (χ0v) is 12.3. The average molecular weight is 303 g/mol. The molecule has 4 heteroatoms. The summed E-state index contributed by atoms with van der Waals surface area (Å²) in [5.74, 6) is -1.53. The van der Waals surface area contributed by atoms with Gasteiger partial charge < -0.3 is 10.5 Å². The van der Waals surface area contributed by atoms with Gasteiger partial charge in [0.05, 0.1) is 0 Å². The SMILES string of the molecule is C=CCCC[C@H](N)c1ccc(F)c(Oc2ccccc2)c1F. The number of allylic oxidation sites excluding steroid dienone is 1. The maximum absolute atomic E-state index is 14.5. The van der Waals surface area contributed by atoms with Crippen LogP contribution in [0.5, 0.6) is 11.5 Å². The molecule has 0 radical (unpaired) electrons. The summed E-state index contributed by atoms with van der Waals surface area (Å²) in [7, 11) is 0. The predicted octanol–water partition coefficient (Wildman–Crippen LogP) is 5.11. The molecular formula is C18H19F2NO. The molecule has 2 rings (SSSR count). The van der Waals surface area contributed by atoms with Crippen LogP contribution in [0.1, 0.15) is 30.9 Å². The molecule has 0 aromatic heterocycles. The first kappa shape index (κ1) is 16.2. The van der Waals surface area contributed by atoms with E-state index in [0.29, 0.717) is 12.2 Å². The molecule has 2 aromatic carbocycles. The number of halogens is 2. The Morgan fingerprint density at radius 1 is 1.14 bits per heavy atom. The lowest BCUT2D eigenvalue weighted by molar-refractivity contribution is 0.400. The molecule has 0 aliphatic rings. The van der Waals surface area contributed by atoms with Gasteiger partial charge in [0.15, 0.2) is 17.4 Å². The van der Waals surface area contributed by atoms with Crippen molar-refractivity contribution >= 4 is 0 Å².